The molecule has 4 aromatic rings. The van der Waals surface area contributed by atoms with Gasteiger partial charge in [-0.3, -0.25) is 4.79 Å². The van der Waals surface area contributed by atoms with Crippen LogP contribution in [-0.4, -0.2) is 22.6 Å². The predicted molar refractivity (Wildman–Crippen MR) is 117 cm³/mol. The van der Waals surface area contributed by atoms with Gasteiger partial charge in [-0.2, -0.15) is 0 Å². The molecule has 146 valence electrons. The number of ether oxygens (including phenoxy) is 1. The molecule has 0 saturated carbocycles. The van der Waals surface area contributed by atoms with Crippen LogP contribution in [0.4, 0.5) is 5.69 Å². The highest BCUT2D eigenvalue weighted by molar-refractivity contribution is 7.17. The second-order valence-corrected chi connectivity index (χ2v) is 7.68. The Labute approximate surface area is 173 Å². The third-order valence-corrected chi connectivity index (χ3v) is 5.83. The van der Waals surface area contributed by atoms with E-state index in [0.29, 0.717) is 10.6 Å². The topological polar surface area (TPSA) is 56.1 Å². The number of anilines is 1. The normalized spacial score (nSPS) is 10.7. The number of nitrogens with one attached hydrogen (secondary N) is 1. The fourth-order valence-electron chi connectivity index (χ4n) is 3.08. The Balaban J connectivity index is 1.49. The van der Waals surface area contributed by atoms with Crippen LogP contribution in [0.5, 0.6) is 5.75 Å². The van der Waals surface area contributed by atoms with Gasteiger partial charge < -0.3 is 14.6 Å². The Morgan fingerprint density at radius 1 is 1.14 bits per heavy atom. The van der Waals surface area contributed by atoms with Crippen molar-refractivity contribution in [1.29, 1.82) is 0 Å². The van der Waals surface area contributed by atoms with Crippen LogP contribution in [0, 0.1) is 6.92 Å². The minimum Gasteiger partial charge on any atom is -0.495 e. The molecule has 0 aliphatic heterocycles. The maximum Gasteiger partial charge on any atom is 0.269 e. The standard InChI is InChI=1S/C23H21N3O2S/c1-16-24-12-13-26(16)15-17-8-10-19(11-9-17)25-23(27)22-20(28-2)14-21(29-22)18-6-4-3-5-7-18/h3-14H,15H2,1-2H3,(H,25,27). The molecule has 2 aromatic carbocycles. The van der Waals surface area contributed by atoms with Crippen molar-refractivity contribution in [2.45, 2.75) is 13.5 Å². The lowest BCUT2D eigenvalue weighted by Gasteiger charge is -2.08. The molecule has 2 aromatic heterocycles. The molecule has 2 heterocycles. The molecule has 1 N–H and O–H groups in total. The molecule has 0 bridgehead atoms. The van der Waals surface area contributed by atoms with E-state index >= 15 is 0 Å². The maximum atomic E-state index is 12.8. The largest absolute Gasteiger partial charge is 0.495 e. The Morgan fingerprint density at radius 2 is 1.90 bits per heavy atom. The Morgan fingerprint density at radius 3 is 2.55 bits per heavy atom. The minimum absolute atomic E-state index is 0.174. The number of rotatable bonds is 6. The highest BCUT2D eigenvalue weighted by atomic mass is 32.1. The van der Waals surface area contributed by atoms with Crippen molar-refractivity contribution in [3.8, 4) is 16.2 Å². The van der Waals surface area contributed by atoms with Gasteiger partial charge in [0.05, 0.1) is 7.11 Å². The van der Waals surface area contributed by atoms with Crippen LogP contribution in [0.3, 0.4) is 0 Å². The van der Waals surface area contributed by atoms with Gasteiger partial charge >= 0.3 is 0 Å². The third-order valence-electron chi connectivity index (χ3n) is 4.67. The second-order valence-electron chi connectivity index (χ2n) is 6.63. The van der Waals surface area contributed by atoms with Crippen LogP contribution in [0.25, 0.3) is 10.4 Å². The van der Waals surface area contributed by atoms with Crippen LogP contribution in [0.2, 0.25) is 0 Å². The molecule has 0 atom stereocenters. The number of carbonyl (C=O) groups is 1. The Bertz CT molecular complexity index is 1110. The number of thiophene rings is 1. The number of nitrogens with zero attached hydrogens (tertiary/aromatic N) is 2. The lowest BCUT2D eigenvalue weighted by atomic mass is 10.2. The Kier molecular flexibility index (Phi) is 5.44. The second kappa shape index (κ2) is 8.32. The zero-order chi connectivity index (χ0) is 20.2. The van der Waals surface area contributed by atoms with Gasteiger partial charge in [-0.15, -0.1) is 11.3 Å². The van der Waals surface area contributed by atoms with Crippen LogP contribution in [0.1, 0.15) is 21.1 Å². The van der Waals surface area contributed by atoms with E-state index in [9.17, 15) is 4.79 Å². The van der Waals surface area contributed by atoms with Gasteiger partial charge in [0.25, 0.3) is 5.91 Å². The lowest BCUT2D eigenvalue weighted by molar-refractivity contribution is 0.102. The number of imidazole rings is 1. The zero-order valence-electron chi connectivity index (χ0n) is 16.3. The first-order valence-corrected chi connectivity index (χ1v) is 10.1. The zero-order valence-corrected chi connectivity index (χ0v) is 17.1. The first kappa shape index (κ1) is 19.0. The van der Waals surface area contributed by atoms with Gasteiger partial charge in [0.1, 0.15) is 16.5 Å². The molecule has 1 amide bonds. The van der Waals surface area contributed by atoms with Crippen LogP contribution >= 0.6 is 11.3 Å². The minimum atomic E-state index is -0.174. The highest BCUT2D eigenvalue weighted by Gasteiger charge is 2.18. The molecule has 6 heteroatoms. The first-order valence-electron chi connectivity index (χ1n) is 9.25. The van der Waals surface area contributed by atoms with Crippen molar-refractivity contribution < 1.29 is 9.53 Å². The molecule has 0 unspecified atom stereocenters. The first-order chi connectivity index (χ1) is 14.1. The summed E-state index contributed by atoms with van der Waals surface area (Å²) < 4.78 is 7.51. The van der Waals surface area contributed by atoms with Crippen molar-refractivity contribution in [2.24, 2.45) is 0 Å². The summed E-state index contributed by atoms with van der Waals surface area (Å²) in [4.78, 5) is 18.6. The molecular formula is C23H21N3O2S. The molecule has 0 radical (unpaired) electrons. The molecular weight excluding hydrogens is 382 g/mol. The number of carbonyl (C=O) groups excluding carboxylic acids is 1. The number of hydrogen-bond acceptors (Lipinski definition) is 4. The van der Waals surface area contributed by atoms with E-state index < -0.39 is 0 Å². The molecule has 0 saturated heterocycles. The number of aryl methyl sites for hydroxylation is 1. The van der Waals surface area contributed by atoms with E-state index in [1.165, 1.54) is 11.3 Å². The van der Waals surface area contributed by atoms with Gasteiger partial charge in [0.15, 0.2) is 0 Å². The maximum absolute atomic E-state index is 12.8. The van der Waals surface area contributed by atoms with E-state index in [-0.39, 0.29) is 5.91 Å². The highest BCUT2D eigenvalue weighted by Crippen LogP contribution is 2.36. The van der Waals surface area contributed by atoms with E-state index in [0.717, 1.165) is 34.1 Å². The average Bonchev–Trinajstić information content (AvgIpc) is 3.36. The van der Waals surface area contributed by atoms with Crippen LogP contribution in [0.15, 0.2) is 73.1 Å². The average molecular weight is 404 g/mol. The Hall–Kier alpha value is -3.38. The summed E-state index contributed by atoms with van der Waals surface area (Å²) in [5.74, 6) is 1.38. The molecule has 0 spiro atoms. The van der Waals surface area contributed by atoms with Crippen LogP contribution in [-0.2, 0) is 6.54 Å². The van der Waals surface area contributed by atoms with Crippen molar-refractivity contribution in [3.63, 3.8) is 0 Å². The quantitative estimate of drug-likeness (QED) is 0.480. The van der Waals surface area contributed by atoms with Crippen molar-refractivity contribution in [1.82, 2.24) is 9.55 Å². The van der Waals surface area contributed by atoms with Gasteiger partial charge in [-0.05, 0) is 36.2 Å². The number of methoxy groups -OCH3 is 1. The fourth-order valence-corrected chi connectivity index (χ4v) is 4.10. The smallest absolute Gasteiger partial charge is 0.269 e. The molecule has 4 rings (SSSR count). The van der Waals surface area contributed by atoms with Crippen molar-refractivity contribution in [2.75, 3.05) is 12.4 Å². The summed E-state index contributed by atoms with van der Waals surface area (Å²) in [5, 5.41) is 2.97. The lowest BCUT2D eigenvalue weighted by Crippen LogP contribution is -2.11. The molecule has 29 heavy (non-hydrogen) atoms. The van der Waals surface area contributed by atoms with Gasteiger partial charge in [-0.1, -0.05) is 42.5 Å². The molecule has 0 aliphatic carbocycles. The SMILES string of the molecule is COc1cc(-c2ccccc2)sc1C(=O)Nc1ccc(Cn2ccnc2C)cc1. The summed E-state index contributed by atoms with van der Waals surface area (Å²) in [6.45, 7) is 2.73. The monoisotopic (exact) mass is 403 g/mol. The van der Waals surface area contributed by atoms with E-state index in [1.807, 2.05) is 73.8 Å². The van der Waals surface area contributed by atoms with Gasteiger partial charge in [-0.25, -0.2) is 4.98 Å². The van der Waals surface area contributed by atoms with E-state index in [2.05, 4.69) is 14.9 Å². The van der Waals surface area contributed by atoms with Crippen LogP contribution < -0.4 is 10.1 Å². The van der Waals surface area contributed by atoms with E-state index in [4.69, 9.17) is 4.74 Å². The summed E-state index contributed by atoms with van der Waals surface area (Å²) in [6, 6.07) is 19.7. The summed E-state index contributed by atoms with van der Waals surface area (Å²) >= 11 is 1.42. The predicted octanol–water partition coefficient (Wildman–Crippen LogP) is 5.23. The van der Waals surface area contributed by atoms with Crippen molar-refractivity contribution in [3.05, 3.63) is 89.3 Å². The summed E-state index contributed by atoms with van der Waals surface area (Å²) in [5.41, 5.74) is 2.95. The molecule has 0 aliphatic rings. The molecule has 5 nitrogen and oxygen atoms in total. The number of amides is 1. The summed E-state index contributed by atoms with van der Waals surface area (Å²) in [6.07, 6.45) is 3.75. The van der Waals surface area contributed by atoms with Gasteiger partial charge in [0.2, 0.25) is 0 Å². The number of hydrogen-bond donors (Lipinski definition) is 1. The third kappa shape index (κ3) is 4.22. The van der Waals surface area contributed by atoms with E-state index in [1.54, 1.807) is 13.3 Å². The van der Waals surface area contributed by atoms with Crippen molar-refractivity contribution >= 4 is 22.9 Å². The summed E-state index contributed by atoms with van der Waals surface area (Å²) in [7, 11) is 1.58. The molecule has 0 fully saturated rings. The fraction of sp³-hybridized carbons (Fsp3) is 0.130. The number of benzene rings is 2. The van der Waals surface area contributed by atoms with Gasteiger partial charge in [0, 0.05) is 29.5 Å². The number of aromatic nitrogens is 2.